The second-order valence-electron chi connectivity index (χ2n) is 5.30. The van der Waals surface area contributed by atoms with Gasteiger partial charge in [0, 0.05) is 26.1 Å². The quantitative estimate of drug-likeness (QED) is 0.695. The Morgan fingerprint density at radius 1 is 1.29 bits per heavy atom. The number of nitrogens with zero attached hydrogens (tertiary/aromatic N) is 1. The summed E-state index contributed by atoms with van der Waals surface area (Å²) < 4.78 is 0. The first-order chi connectivity index (χ1) is 8.06. The second-order valence-corrected chi connectivity index (χ2v) is 5.30. The molecule has 3 N–H and O–H groups in total. The van der Waals surface area contributed by atoms with Crippen molar-refractivity contribution in [1.29, 1.82) is 0 Å². The van der Waals surface area contributed by atoms with Crippen LogP contribution >= 0.6 is 0 Å². The number of amides is 2. The van der Waals surface area contributed by atoms with Crippen LogP contribution in [0.25, 0.3) is 0 Å². The van der Waals surface area contributed by atoms with Crippen molar-refractivity contribution >= 4 is 11.8 Å². The number of carbonyl (C=O) groups is 2. The summed E-state index contributed by atoms with van der Waals surface area (Å²) in [5.74, 6) is 1.07. The lowest BCUT2D eigenvalue weighted by atomic mass is 9.79. The third kappa shape index (κ3) is 2.97. The van der Waals surface area contributed by atoms with Crippen LogP contribution in [0.4, 0.5) is 0 Å². The van der Waals surface area contributed by atoms with Crippen LogP contribution in [0.5, 0.6) is 0 Å². The van der Waals surface area contributed by atoms with Crippen LogP contribution in [0.1, 0.15) is 26.2 Å². The van der Waals surface area contributed by atoms with Crippen molar-refractivity contribution in [2.24, 2.45) is 17.6 Å². The lowest BCUT2D eigenvalue weighted by Crippen LogP contribution is -2.38. The number of likely N-dealkylation sites (tertiary alicyclic amines) is 1. The van der Waals surface area contributed by atoms with Gasteiger partial charge in [-0.2, -0.15) is 0 Å². The molecule has 0 spiro atoms. The summed E-state index contributed by atoms with van der Waals surface area (Å²) in [4.78, 5) is 24.5. The second kappa shape index (κ2) is 5.04. The van der Waals surface area contributed by atoms with E-state index in [2.05, 4.69) is 5.32 Å². The van der Waals surface area contributed by atoms with Gasteiger partial charge in [-0.25, -0.2) is 0 Å². The molecule has 2 aliphatic rings. The van der Waals surface area contributed by atoms with E-state index in [1.54, 1.807) is 0 Å². The van der Waals surface area contributed by atoms with Crippen molar-refractivity contribution in [2.45, 2.75) is 32.2 Å². The molecule has 2 rings (SSSR count). The predicted octanol–water partition coefficient (Wildman–Crippen LogP) is -0.292. The summed E-state index contributed by atoms with van der Waals surface area (Å²) in [5.41, 5.74) is 5.95. The van der Waals surface area contributed by atoms with Crippen LogP contribution in [0, 0.1) is 11.8 Å². The minimum absolute atomic E-state index is 0.0307. The fourth-order valence-electron chi connectivity index (χ4n) is 2.98. The molecule has 0 aromatic rings. The molecular weight excluding hydrogens is 218 g/mol. The van der Waals surface area contributed by atoms with E-state index in [1.165, 1.54) is 6.92 Å². The van der Waals surface area contributed by atoms with Gasteiger partial charge >= 0.3 is 0 Å². The summed E-state index contributed by atoms with van der Waals surface area (Å²) in [6, 6.07) is 0.307. The number of rotatable bonds is 2. The van der Waals surface area contributed by atoms with E-state index < -0.39 is 0 Å². The van der Waals surface area contributed by atoms with Gasteiger partial charge in [0.15, 0.2) is 0 Å². The molecule has 17 heavy (non-hydrogen) atoms. The van der Waals surface area contributed by atoms with Gasteiger partial charge < -0.3 is 16.0 Å². The normalized spacial score (nSPS) is 32.1. The highest BCUT2D eigenvalue weighted by Gasteiger charge is 2.38. The van der Waals surface area contributed by atoms with E-state index in [4.69, 9.17) is 5.73 Å². The number of hydrogen-bond acceptors (Lipinski definition) is 3. The lowest BCUT2D eigenvalue weighted by molar-refractivity contribution is -0.131. The molecule has 1 aliphatic heterocycles. The fraction of sp³-hybridized carbons (Fsp3) is 0.833. The molecule has 2 amide bonds. The zero-order chi connectivity index (χ0) is 12.4. The average Bonchev–Trinajstić information content (AvgIpc) is 2.68. The standard InChI is InChI=1S/C12H21N3O2/c1-8(16)14-5-12(17)15-6-9-2-3-11(13)4-10(9)7-15/h9-11H,2-7,13H2,1H3,(H,14,16)/t9-,10+,11?/m1/s1. The minimum atomic E-state index is -0.156. The highest BCUT2D eigenvalue weighted by Crippen LogP contribution is 2.35. The van der Waals surface area contributed by atoms with Gasteiger partial charge in [-0.1, -0.05) is 0 Å². The summed E-state index contributed by atoms with van der Waals surface area (Å²) in [7, 11) is 0. The minimum Gasteiger partial charge on any atom is -0.347 e. The van der Waals surface area contributed by atoms with Crippen molar-refractivity contribution in [1.82, 2.24) is 10.2 Å². The van der Waals surface area contributed by atoms with Crippen LogP contribution in [0.15, 0.2) is 0 Å². The number of nitrogens with one attached hydrogen (secondary N) is 1. The monoisotopic (exact) mass is 239 g/mol. The summed E-state index contributed by atoms with van der Waals surface area (Å²) >= 11 is 0. The Balaban J connectivity index is 1.84. The molecule has 2 fully saturated rings. The van der Waals surface area contributed by atoms with Gasteiger partial charge in [0.25, 0.3) is 0 Å². The Kier molecular flexibility index (Phi) is 3.66. The molecular formula is C12H21N3O2. The molecule has 96 valence electrons. The third-order valence-electron chi connectivity index (χ3n) is 3.93. The Labute approximate surface area is 102 Å². The van der Waals surface area contributed by atoms with E-state index in [9.17, 15) is 9.59 Å². The van der Waals surface area contributed by atoms with Crippen molar-refractivity contribution < 1.29 is 9.59 Å². The van der Waals surface area contributed by atoms with E-state index in [0.29, 0.717) is 17.9 Å². The molecule has 0 bridgehead atoms. The molecule has 1 unspecified atom stereocenters. The highest BCUT2D eigenvalue weighted by molar-refractivity contribution is 5.83. The van der Waals surface area contributed by atoms with Crippen LogP contribution in [-0.2, 0) is 9.59 Å². The van der Waals surface area contributed by atoms with Crippen molar-refractivity contribution in [3.05, 3.63) is 0 Å². The first-order valence-electron chi connectivity index (χ1n) is 6.34. The molecule has 5 nitrogen and oxygen atoms in total. The molecule has 3 atom stereocenters. The van der Waals surface area contributed by atoms with Crippen LogP contribution in [0.2, 0.25) is 0 Å². The van der Waals surface area contributed by atoms with Gasteiger partial charge in [-0.3, -0.25) is 9.59 Å². The molecule has 0 aromatic carbocycles. The Morgan fingerprint density at radius 2 is 2.00 bits per heavy atom. The Hall–Kier alpha value is -1.10. The topological polar surface area (TPSA) is 75.4 Å². The van der Waals surface area contributed by atoms with E-state index >= 15 is 0 Å². The van der Waals surface area contributed by atoms with E-state index in [0.717, 1.165) is 32.4 Å². The Morgan fingerprint density at radius 3 is 2.71 bits per heavy atom. The number of hydrogen-bond donors (Lipinski definition) is 2. The molecule has 0 aromatic heterocycles. The fourth-order valence-corrected chi connectivity index (χ4v) is 2.98. The summed E-state index contributed by atoms with van der Waals surface area (Å²) in [6.45, 7) is 3.21. The van der Waals surface area contributed by atoms with Crippen molar-refractivity contribution in [2.75, 3.05) is 19.6 Å². The zero-order valence-electron chi connectivity index (χ0n) is 10.3. The van der Waals surface area contributed by atoms with E-state index in [1.807, 2.05) is 4.90 Å². The number of carbonyl (C=O) groups excluding carboxylic acids is 2. The molecule has 0 radical (unpaired) electrons. The molecule has 1 heterocycles. The molecule has 1 saturated heterocycles. The average molecular weight is 239 g/mol. The zero-order valence-corrected chi connectivity index (χ0v) is 10.3. The first kappa shape index (κ1) is 12.4. The number of nitrogens with two attached hydrogens (primary N) is 1. The lowest BCUT2D eigenvalue weighted by Gasteiger charge is -2.27. The van der Waals surface area contributed by atoms with Crippen molar-refractivity contribution in [3.63, 3.8) is 0 Å². The van der Waals surface area contributed by atoms with Crippen LogP contribution in [0.3, 0.4) is 0 Å². The Bertz CT molecular complexity index is 319. The van der Waals surface area contributed by atoms with Gasteiger partial charge in [-0.05, 0) is 31.1 Å². The molecule has 5 heteroatoms. The van der Waals surface area contributed by atoms with Crippen LogP contribution in [-0.4, -0.2) is 42.4 Å². The highest BCUT2D eigenvalue weighted by atomic mass is 16.2. The van der Waals surface area contributed by atoms with Gasteiger partial charge in [0.2, 0.25) is 11.8 Å². The maximum absolute atomic E-state index is 11.9. The number of fused-ring (bicyclic) bond motifs is 1. The SMILES string of the molecule is CC(=O)NCC(=O)N1C[C@H]2CCC(N)C[C@H]2C1. The van der Waals surface area contributed by atoms with Gasteiger partial charge in [-0.15, -0.1) is 0 Å². The van der Waals surface area contributed by atoms with E-state index in [-0.39, 0.29) is 18.4 Å². The predicted molar refractivity (Wildman–Crippen MR) is 64.1 cm³/mol. The largest absolute Gasteiger partial charge is 0.347 e. The molecule has 1 aliphatic carbocycles. The summed E-state index contributed by atoms with van der Waals surface area (Å²) in [6.07, 6.45) is 3.25. The van der Waals surface area contributed by atoms with Crippen LogP contribution < -0.4 is 11.1 Å². The summed E-state index contributed by atoms with van der Waals surface area (Å²) in [5, 5.41) is 2.56. The van der Waals surface area contributed by atoms with Gasteiger partial charge in [0.1, 0.15) is 0 Å². The smallest absolute Gasteiger partial charge is 0.241 e. The molecule has 1 saturated carbocycles. The first-order valence-corrected chi connectivity index (χ1v) is 6.34. The maximum atomic E-state index is 11.9. The maximum Gasteiger partial charge on any atom is 0.241 e. The van der Waals surface area contributed by atoms with Gasteiger partial charge in [0.05, 0.1) is 6.54 Å². The third-order valence-corrected chi connectivity index (χ3v) is 3.93. The van der Waals surface area contributed by atoms with Crippen molar-refractivity contribution in [3.8, 4) is 0 Å².